The van der Waals surface area contributed by atoms with Crippen LogP contribution in [0.2, 0.25) is 10.0 Å². The molecule has 0 unspecified atom stereocenters. The summed E-state index contributed by atoms with van der Waals surface area (Å²) in [7, 11) is 0. The standard InChI is InChI=1S/C14H11Cl2NO3/c15-9-5-4-8(11(16)6-9)7-20-13-10(14(18)19)2-1-3-12(13)17/h1-6H,7,17H2,(H,18,19). The summed E-state index contributed by atoms with van der Waals surface area (Å²) in [6, 6.07) is 9.54. The van der Waals surface area contributed by atoms with Gasteiger partial charge in [0.25, 0.3) is 0 Å². The second-order valence-electron chi connectivity index (χ2n) is 4.05. The molecule has 4 nitrogen and oxygen atoms in total. The predicted molar refractivity (Wildman–Crippen MR) is 78.6 cm³/mol. The zero-order valence-electron chi connectivity index (χ0n) is 10.3. The highest BCUT2D eigenvalue weighted by Gasteiger charge is 2.14. The fourth-order valence-corrected chi connectivity index (χ4v) is 2.14. The van der Waals surface area contributed by atoms with Gasteiger partial charge in [-0.3, -0.25) is 0 Å². The second kappa shape index (κ2) is 6.03. The molecule has 0 spiro atoms. The number of nitrogen functional groups attached to an aromatic ring is 1. The normalized spacial score (nSPS) is 10.3. The Hall–Kier alpha value is -1.91. The van der Waals surface area contributed by atoms with E-state index in [4.69, 9.17) is 38.8 Å². The van der Waals surface area contributed by atoms with Crippen LogP contribution in [0.15, 0.2) is 36.4 Å². The van der Waals surface area contributed by atoms with Crippen LogP contribution in [0, 0.1) is 0 Å². The quantitative estimate of drug-likeness (QED) is 0.841. The van der Waals surface area contributed by atoms with Crippen LogP contribution >= 0.6 is 23.2 Å². The average molecular weight is 312 g/mol. The van der Waals surface area contributed by atoms with E-state index in [-0.39, 0.29) is 23.6 Å². The molecule has 0 radical (unpaired) electrons. The lowest BCUT2D eigenvalue weighted by molar-refractivity contribution is 0.0692. The van der Waals surface area contributed by atoms with Gasteiger partial charge >= 0.3 is 5.97 Å². The van der Waals surface area contributed by atoms with Crippen molar-refractivity contribution in [2.24, 2.45) is 0 Å². The van der Waals surface area contributed by atoms with E-state index in [9.17, 15) is 4.79 Å². The third-order valence-corrected chi connectivity index (χ3v) is 3.25. The summed E-state index contributed by atoms with van der Waals surface area (Å²) in [5.74, 6) is -0.972. The first-order chi connectivity index (χ1) is 9.49. The van der Waals surface area contributed by atoms with Crippen molar-refractivity contribution in [2.75, 3.05) is 5.73 Å². The van der Waals surface area contributed by atoms with E-state index < -0.39 is 5.97 Å². The number of carboxylic acid groups (broad SMARTS) is 1. The minimum absolute atomic E-state index is 0.00934. The largest absolute Gasteiger partial charge is 0.486 e. The second-order valence-corrected chi connectivity index (χ2v) is 4.90. The molecule has 3 N–H and O–H groups in total. The van der Waals surface area contributed by atoms with Crippen LogP contribution < -0.4 is 10.5 Å². The van der Waals surface area contributed by atoms with Crippen LogP contribution in [0.5, 0.6) is 5.75 Å². The van der Waals surface area contributed by atoms with E-state index >= 15 is 0 Å². The first kappa shape index (κ1) is 14.5. The minimum atomic E-state index is -1.10. The molecule has 0 aliphatic heterocycles. The van der Waals surface area contributed by atoms with Crippen molar-refractivity contribution in [1.82, 2.24) is 0 Å². The van der Waals surface area contributed by atoms with E-state index in [0.29, 0.717) is 15.6 Å². The summed E-state index contributed by atoms with van der Waals surface area (Å²) >= 11 is 11.8. The van der Waals surface area contributed by atoms with Crippen LogP contribution in [0.1, 0.15) is 15.9 Å². The maximum atomic E-state index is 11.1. The summed E-state index contributed by atoms with van der Waals surface area (Å²) in [4.78, 5) is 11.1. The van der Waals surface area contributed by atoms with Gasteiger partial charge < -0.3 is 15.6 Å². The molecule has 0 saturated carbocycles. The van der Waals surface area contributed by atoms with Gasteiger partial charge in [0, 0.05) is 15.6 Å². The number of aromatic carboxylic acids is 1. The van der Waals surface area contributed by atoms with E-state index in [0.717, 1.165) is 0 Å². The maximum absolute atomic E-state index is 11.1. The first-order valence-corrected chi connectivity index (χ1v) is 6.43. The minimum Gasteiger partial charge on any atom is -0.486 e. The molecule has 0 aliphatic rings. The van der Waals surface area contributed by atoms with Gasteiger partial charge in [0.15, 0.2) is 5.75 Å². The molecular weight excluding hydrogens is 301 g/mol. The van der Waals surface area contributed by atoms with Crippen molar-refractivity contribution < 1.29 is 14.6 Å². The first-order valence-electron chi connectivity index (χ1n) is 5.67. The Balaban J connectivity index is 2.25. The molecule has 0 atom stereocenters. The molecule has 0 aliphatic carbocycles. The van der Waals surface area contributed by atoms with Crippen molar-refractivity contribution >= 4 is 34.9 Å². The number of anilines is 1. The number of benzene rings is 2. The molecule has 6 heteroatoms. The molecular formula is C14H11Cl2NO3. The number of nitrogens with two attached hydrogens (primary N) is 1. The van der Waals surface area contributed by atoms with Crippen molar-refractivity contribution in [2.45, 2.75) is 6.61 Å². The fraction of sp³-hybridized carbons (Fsp3) is 0.0714. The van der Waals surface area contributed by atoms with Crippen molar-refractivity contribution in [3.05, 3.63) is 57.6 Å². The maximum Gasteiger partial charge on any atom is 0.339 e. The number of rotatable bonds is 4. The lowest BCUT2D eigenvalue weighted by Gasteiger charge is -2.12. The molecule has 104 valence electrons. The van der Waals surface area contributed by atoms with Gasteiger partial charge in [-0.25, -0.2) is 4.79 Å². The van der Waals surface area contributed by atoms with E-state index in [1.807, 2.05) is 0 Å². The Bertz CT molecular complexity index is 659. The SMILES string of the molecule is Nc1cccc(C(=O)O)c1OCc1ccc(Cl)cc1Cl. The van der Waals surface area contributed by atoms with Crippen molar-refractivity contribution in [3.63, 3.8) is 0 Å². The van der Waals surface area contributed by atoms with Gasteiger partial charge in [0.1, 0.15) is 12.2 Å². The molecule has 0 fully saturated rings. The van der Waals surface area contributed by atoms with Crippen molar-refractivity contribution in [3.8, 4) is 5.75 Å². The Morgan fingerprint density at radius 1 is 1.25 bits per heavy atom. The summed E-state index contributed by atoms with van der Waals surface area (Å²) in [5.41, 5.74) is 6.70. The van der Waals surface area contributed by atoms with Crippen LogP contribution in [-0.2, 0) is 6.61 Å². The van der Waals surface area contributed by atoms with Gasteiger partial charge in [-0.2, -0.15) is 0 Å². The highest BCUT2D eigenvalue weighted by molar-refractivity contribution is 6.35. The molecule has 0 aromatic heterocycles. The van der Waals surface area contributed by atoms with Gasteiger partial charge in [-0.15, -0.1) is 0 Å². The number of carbonyl (C=O) groups is 1. The Kier molecular flexibility index (Phi) is 4.37. The average Bonchev–Trinajstić information content (AvgIpc) is 2.38. The molecule has 0 saturated heterocycles. The zero-order chi connectivity index (χ0) is 14.7. The summed E-state index contributed by atoms with van der Waals surface area (Å²) in [6.07, 6.45) is 0. The van der Waals surface area contributed by atoms with Crippen molar-refractivity contribution in [1.29, 1.82) is 0 Å². The highest BCUT2D eigenvalue weighted by atomic mass is 35.5. The zero-order valence-corrected chi connectivity index (χ0v) is 11.8. The van der Waals surface area contributed by atoms with E-state index in [2.05, 4.69) is 0 Å². The highest BCUT2D eigenvalue weighted by Crippen LogP contribution is 2.29. The number of para-hydroxylation sites is 1. The fourth-order valence-electron chi connectivity index (χ4n) is 1.67. The molecule has 0 heterocycles. The lowest BCUT2D eigenvalue weighted by atomic mass is 10.1. The van der Waals surface area contributed by atoms with E-state index in [1.165, 1.54) is 6.07 Å². The van der Waals surface area contributed by atoms with Gasteiger partial charge in [-0.1, -0.05) is 35.3 Å². The summed E-state index contributed by atoms with van der Waals surface area (Å²) < 4.78 is 5.50. The van der Waals surface area contributed by atoms with E-state index in [1.54, 1.807) is 30.3 Å². The number of ether oxygens (including phenoxy) is 1. The third-order valence-electron chi connectivity index (χ3n) is 2.66. The summed E-state index contributed by atoms with van der Waals surface area (Å²) in [5, 5.41) is 10.1. The Morgan fingerprint density at radius 2 is 2.00 bits per heavy atom. The van der Waals surface area contributed by atoms with Crippen LogP contribution in [0.4, 0.5) is 5.69 Å². The number of hydrogen-bond acceptors (Lipinski definition) is 3. The van der Waals surface area contributed by atoms with Gasteiger partial charge in [0.05, 0.1) is 5.69 Å². The third kappa shape index (κ3) is 3.15. The Labute approximate surface area is 125 Å². The number of halogens is 2. The summed E-state index contributed by atoms with van der Waals surface area (Å²) in [6.45, 7) is 0.102. The monoisotopic (exact) mass is 311 g/mol. The molecule has 2 aromatic carbocycles. The molecule has 0 amide bonds. The van der Waals surface area contributed by atoms with Crippen LogP contribution in [0.25, 0.3) is 0 Å². The smallest absolute Gasteiger partial charge is 0.339 e. The molecule has 2 rings (SSSR count). The predicted octanol–water partition coefficient (Wildman–Crippen LogP) is 3.85. The van der Waals surface area contributed by atoms with Gasteiger partial charge in [-0.05, 0) is 24.3 Å². The Morgan fingerprint density at radius 3 is 2.65 bits per heavy atom. The lowest BCUT2D eigenvalue weighted by Crippen LogP contribution is -2.06. The molecule has 2 aromatic rings. The topological polar surface area (TPSA) is 72.6 Å². The molecule has 0 bridgehead atoms. The van der Waals surface area contributed by atoms with Crippen LogP contribution in [0.3, 0.4) is 0 Å². The molecule has 20 heavy (non-hydrogen) atoms. The number of carboxylic acids is 1. The van der Waals surface area contributed by atoms with Gasteiger partial charge in [0.2, 0.25) is 0 Å². The van der Waals surface area contributed by atoms with Crippen LogP contribution in [-0.4, -0.2) is 11.1 Å². The number of hydrogen-bond donors (Lipinski definition) is 2.